The number of hydrogen-bond donors (Lipinski definition) is 1. The second-order valence-electron chi connectivity index (χ2n) is 8.85. The third-order valence-electron chi connectivity index (χ3n) is 6.37. The molecule has 3 aromatic carbocycles. The fourth-order valence-corrected chi connectivity index (χ4v) is 4.33. The second kappa shape index (κ2) is 10.2. The highest BCUT2D eigenvalue weighted by atomic mass is 16.5. The molecular weight excluding hydrogens is 458 g/mol. The fraction of sp³-hybridized carbons (Fsp3) is 0.250. The smallest absolute Gasteiger partial charge is 0.300 e. The summed E-state index contributed by atoms with van der Waals surface area (Å²) in [5, 5.41) is 3.21. The van der Waals surface area contributed by atoms with Crippen molar-refractivity contribution in [1.82, 2.24) is 9.88 Å². The first-order valence-electron chi connectivity index (χ1n) is 11.8. The van der Waals surface area contributed by atoms with Crippen LogP contribution in [0.2, 0.25) is 0 Å². The normalized spacial score (nSPS) is 17.3. The van der Waals surface area contributed by atoms with Crippen molar-refractivity contribution in [2.75, 3.05) is 25.5 Å². The van der Waals surface area contributed by atoms with Crippen LogP contribution >= 0.6 is 0 Å². The number of carbonyl (C=O) groups excluding carboxylic acids is 2. The molecule has 1 aliphatic rings. The van der Waals surface area contributed by atoms with Gasteiger partial charge in [-0.1, -0.05) is 24.3 Å². The molecule has 8 nitrogen and oxygen atoms in total. The van der Waals surface area contributed by atoms with Crippen LogP contribution in [0.1, 0.15) is 21.5 Å². The highest BCUT2D eigenvalue weighted by molar-refractivity contribution is 5.82. The van der Waals surface area contributed by atoms with Crippen LogP contribution in [0.4, 0.5) is 11.7 Å². The standard InChI is InChI=1S/C28H27N3O5/c1-18-5-3-4-6-22(18)29-28-30-23-12-9-20(13-24(23)36-28)14-27(33)31-15-25(34-2)26(16-31)35-21-10-7-19(17-32)8-11-21/h3-13,17,25-26H,14-16H2,1-2H3,(H,29,30)/t25-,26?/m1/s1. The number of carbonyl (C=O) groups is 2. The third kappa shape index (κ3) is 5.08. The minimum Gasteiger partial charge on any atom is -0.486 e. The molecule has 1 aliphatic heterocycles. The minimum atomic E-state index is -0.298. The van der Waals surface area contributed by atoms with E-state index in [1.54, 1.807) is 36.3 Å². The lowest BCUT2D eigenvalue weighted by molar-refractivity contribution is -0.130. The van der Waals surface area contributed by atoms with Crippen molar-refractivity contribution in [2.24, 2.45) is 0 Å². The Kier molecular flexibility index (Phi) is 6.69. The number of nitrogens with zero attached hydrogens (tertiary/aromatic N) is 2. The molecule has 1 fully saturated rings. The molecular formula is C28H27N3O5. The summed E-state index contributed by atoms with van der Waals surface area (Å²) in [7, 11) is 1.62. The zero-order valence-electron chi connectivity index (χ0n) is 20.1. The number of ether oxygens (including phenoxy) is 2. The Morgan fingerprint density at radius 3 is 2.64 bits per heavy atom. The third-order valence-corrected chi connectivity index (χ3v) is 6.37. The fourth-order valence-electron chi connectivity index (χ4n) is 4.33. The van der Waals surface area contributed by atoms with E-state index >= 15 is 0 Å². The van der Waals surface area contributed by atoms with Crippen LogP contribution in [0.15, 0.2) is 71.1 Å². The van der Waals surface area contributed by atoms with Gasteiger partial charge in [-0.15, -0.1) is 0 Å². The Morgan fingerprint density at radius 1 is 1.11 bits per heavy atom. The number of para-hydroxylation sites is 1. The summed E-state index contributed by atoms with van der Waals surface area (Å²) in [6.07, 6.45) is 0.475. The van der Waals surface area contributed by atoms with Crippen molar-refractivity contribution in [3.63, 3.8) is 0 Å². The molecule has 1 amide bonds. The van der Waals surface area contributed by atoms with E-state index in [9.17, 15) is 9.59 Å². The van der Waals surface area contributed by atoms with Crippen LogP contribution in [-0.4, -0.2) is 54.5 Å². The summed E-state index contributed by atoms with van der Waals surface area (Å²) in [4.78, 5) is 30.2. The van der Waals surface area contributed by atoms with Gasteiger partial charge in [0, 0.05) is 18.4 Å². The largest absolute Gasteiger partial charge is 0.486 e. The van der Waals surface area contributed by atoms with Crippen LogP contribution in [0.3, 0.4) is 0 Å². The van der Waals surface area contributed by atoms with Gasteiger partial charge in [0.05, 0.1) is 19.5 Å². The maximum Gasteiger partial charge on any atom is 0.300 e. The Labute approximate surface area is 208 Å². The van der Waals surface area contributed by atoms with E-state index in [4.69, 9.17) is 13.9 Å². The number of oxazole rings is 1. The lowest BCUT2D eigenvalue weighted by Gasteiger charge is -2.18. The van der Waals surface area contributed by atoms with Crippen LogP contribution < -0.4 is 10.1 Å². The van der Waals surface area contributed by atoms with E-state index < -0.39 is 0 Å². The maximum atomic E-state index is 13.1. The van der Waals surface area contributed by atoms with Gasteiger partial charge in [0.15, 0.2) is 5.58 Å². The maximum absolute atomic E-state index is 13.1. The number of nitrogens with one attached hydrogen (secondary N) is 1. The number of methoxy groups -OCH3 is 1. The van der Waals surface area contributed by atoms with Crippen molar-refractivity contribution in [3.8, 4) is 5.75 Å². The van der Waals surface area contributed by atoms with Gasteiger partial charge in [0.2, 0.25) is 5.91 Å². The van der Waals surface area contributed by atoms with Crippen molar-refractivity contribution < 1.29 is 23.5 Å². The molecule has 2 atom stereocenters. The number of hydrogen-bond acceptors (Lipinski definition) is 7. The molecule has 5 rings (SSSR count). The van der Waals surface area contributed by atoms with Gasteiger partial charge in [-0.25, -0.2) is 0 Å². The highest BCUT2D eigenvalue weighted by Crippen LogP contribution is 2.26. The monoisotopic (exact) mass is 485 g/mol. The van der Waals surface area contributed by atoms with Crippen molar-refractivity contribution in [2.45, 2.75) is 25.6 Å². The number of benzene rings is 3. The first-order valence-corrected chi connectivity index (χ1v) is 11.8. The molecule has 0 saturated carbocycles. The molecule has 0 bridgehead atoms. The summed E-state index contributed by atoms with van der Waals surface area (Å²) >= 11 is 0. The Balaban J connectivity index is 1.24. The summed E-state index contributed by atoms with van der Waals surface area (Å²) < 4.78 is 17.5. The zero-order valence-corrected chi connectivity index (χ0v) is 20.1. The molecule has 2 heterocycles. The molecule has 8 heteroatoms. The number of fused-ring (bicyclic) bond motifs is 1. The van der Waals surface area contributed by atoms with E-state index in [1.165, 1.54) is 0 Å². The number of amides is 1. The average molecular weight is 486 g/mol. The van der Waals surface area contributed by atoms with Crippen molar-refractivity contribution in [3.05, 3.63) is 83.4 Å². The van der Waals surface area contributed by atoms with Crippen LogP contribution in [0, 0.1) is 6.92 Å². The Bertz CT molecular complexity index is 1380. The molecule has 4 aromatic rings. The number of rotatable bonds is 8. The summed E-state index contributed by atoms with van der Waals surface area (Å²) in [6, 6.07) is 20.8. The molecule has 1 unspecified atom stereocenters. The van der Waals surface area contributed by atoms with Gasteiger partial charge in [-0.3, -0.25) is 9.59 Å². The predicted molar refractivity (Wildman–Crippen MR) is 136 cm³/mol. The van der Waals surface area contributed by atoms with Gasteiger partial charge >= 0.3 is 0 Å². The van der Waals surface area contributed by atoms with E-state index in [2.05, 4.69) is 10.3 Å². The number of aromatic nitrogens is 1. The van der Waals surface area contributed by atoms with E-state index in [1.807, 2.05) is 49.4 Å². The second-order valence-corrected chi connectivity index (χ2v) is 8.85. The first-order chi connectivity index (χ1) is 17.5. The SMILES string of the molecule is CO[C@@H]1CN(C(=O)Cc2ccc3nc(Nc4ccccc4C)oc3c2)CC1Oc1ccc(C=O)cc1. The van der Waals surface area contributed by atoms with E-state index in [0.29, 0.717) is 36.0 Å². The molecule has 0 aliphatic carbocycles. The molecule has 184 valence electrons. The lowest BCUT2D eigenvalue weighted by atomic mass is 10.1. The molecule has 1 saturated heterocycles. The van der Waals surface area contributed by atoms with Crippen molar-refractivity contribution in [1.29, 1.82) is 0 Å². The molecule has 1 aromatic heterocycles. The topological polar surface area (TPSA) is 93.9 Å². The molecule has 0 radical (unpaired) electrons. The Hall–Kier alpha value is -4.17. The molecule has 0 spiro atoms. The van der Waals surface area contributed by atoms with Gasteiger partial charge in [-0.05, 0) is 60.5 Å². The van der Waals surface area contributed by atoms with E-state index in [0.717, 1.165) is 28.6 Å². The van der Waals surface area contributed by atoms with Gasteiger partial charge in [0.1, 0.15) is 29.8 Å². The van der Waals surface area contributed by atoms with Crippen LogP contribution in [0.25, 0.3) is 11.1 Å². The summed E-state index contributed by atoms with van der Waals surface area (Å²) in [5.74, 6) is 0.615. The van der Waals surface area contributed by atoms with Crippen molar-refractivity contribution >= 4 is 35.0 Å². The van der Waals surface area contributed by atoms with Gasteiger partial charge in [-0.2, -0.15) is 4.98 Å². The van der Waals surface area contributed by atoms with Gasteiger partial charge in [0.25, 0.3) is 6.01 Å². The van der Waals surface area contributed by atoms with Crippen LogP contribution in [0.5, 0.6) is 5.75 Å². The quantitative estimate of drug-likeness (QED) is 0.366. The minimum absolute atomic E-state index is 0.0171. The Morgan fingerprint density at radius 2 is 1.89 bits per heavy atom. The molecule has 36 heavy (non-hydrogen) atoms. The number of aryl methyl sites for hydroxylation is 1. The number of likely N-dealkylation sites (tertiary alicyclic amines) is 1. The number of aldehydes is 1. The van der Waals surface area contributed by atoms with E-state index in [-0.39, 0.29) is 24.5 Å². The lowest BCUT2D eigenvalue weighted by Crippen LogP contribution is -2.32. The predicted octanol–water partition coefficient (Wildman–Crippen LogP) is 4.54. The highest BCUT2D eigenvalue weighted by Gasteiger charge is 2.37. The van der Waals surface area contributed by atoms with Crippen LogP contribution in [-0.2, 0) is 16.0 Å². The molecule has 1 N–H and O–H groups in total. The van der Waals surface area contributed by atoms with Gasteiger partial charge < -0.3 is 24.1 Å². The average Bonchev–Trinajstić information content (AvgIpc) is 3.49. The first kappa shape index (κ1) is 23.6. The zero-order chi connectivity index (χ0) is 25.1. The summed E-state index contributed by atoms with van der Waals surface area (Å²) in [6.45, 7) is 2.88. The summed E-state index contributed by atoms with van der Waals surface area (Å²) in [5.41, 5.74) is 4.78. The number of anilines is 2.